The fourth-order valence-electron chi connectivity index (χ4n) is 4.77. The molecular formula is C26H23F5N4O4S. The van der Waals surface area contributed by atoms with E-state index < -0.39 is 47.5 Å². The number of rotatable bonds is 6. The summed E-state index contributed by atoms with van der Waals surface area (Å²) in [5, 5.41) is 6.59. The van der Waals surface area contributed by atoms with Crippen LogP contribution in [0.1, 0.15) is 53.1 Å². The predicted molar refractivity (Wildman–Crippen MR) is 134 cm³/mol. The van der Waals surface area contributed by atoms with Gasteiger partial charge in [0.15, 0.2) is 6.10 Å². The Labute approximate surface area is 228 Å². The molecule has 2 aliphatic rings. The highest BCUT2D eigenvalue weighted by atomic mass is 32.1. The monoisotopic (exact) mass is 582 g/mol. The van der Waals surface area contributed by atoms with E-state index >= 15 is 0 Å². The lowest BCUT2D eigenvalue weighted by molar-refractivity contribution is -0.140. The summed E-state index contributed by atoms with van der Waals surface area (Å²) in [6.45, 7) is 0.124. The molecule has 2 aromatic heterocycles. The second-order valence-electron chi connectivity index (χ2n) is 9.42. The van der Waals surface area contributed by atoms with Crippen molar-refractivity contribution in [2.45, 2.75) is 44.0 Å². The molecule has 0 N–H and O–H groups in total. The number of pyridine rings is 1. The molecule has 0 bridgehead atoms. The predicted octanol–water partition coefficient (Wildman–Crippen LogP) is 4.88. The van der Waals surface area contributed by atoms with Crippen LogP contribution in [0.5, 0.6) is 5.75 Å². The summed E-state index contributed by atoms with van der Waals surface area (Å²) >= 11 is 1.40. The number of thiazole rings is 1. The fourth-order valence-corrected chi connectivity index (χ4v) is 5.77. The average Bonchev–Trinajstić information content (AvgIpc) is 3.59. The second kappa shape index (κ2) is 11.0. The minimum absolute atomic E-state index is 0.0295. The molecule has 1 fully saturated rings. The van der Waals surface area contributed by atoms with E-state index in [0.717, 1.165) is 23.3 Å². The highest BCUT2D eigenvalue weighted by molar-refractivity contribution is 7.10. The number of alkyl halides is 3. The van der Waals surface area contributed by atoms with Gasteiger partial charge >= 0.3 is 6.18 Å². The van der Waals surface area contributed by atoms with Crippen LogP contribution in [0.15, 0.2) is 45.8 Å². The lowest BCUT2D eigenvalue weighted by Gasteiger charge is -2.31. The van der Waals surface area contributed by atoms with E-state index in [9.17, 15) is 31.5 Å². The number of amides is 1. The lowest BCUT2D eigenvalue weighted by atomic mass is 9.97. The molecule has 3 aromatic rings. The molecular weight excluding hydrogens is 559 g/mol. The van der Waals surface area contributed by atoms with Gasteiger partial charge < -0.3 is 19.0 Å². The van der Waals surface area contributed by atoms with Gasteiger partial charge in [-0.1, -0.05) is 11.2 Å². The van der Waals surface area contributed by atoms with Gasteiger partial charge in [-0.3, -0.25) is 9.59 Å². The van der Waals surface area contributed by atoms with Crippen LogP contribution in [0.3, 0.4) is 0 Å². The van der Waals surface area contributed by atoms with Crippen molar-refractivity contribution in [2.24, 2.45) is 5.16 Å². The lowest BCUT2D eigenvalue weighted by Crippen LogP contribution is -2.41. The third-order valence-corrected chi connectivity index (χ3v) is 7.92. The summed E-state index contributed by atoms with van der Waals surface area (Å²) in [6.07, 6.45) is -3.41. The molecule has 5 rings (SSSR count). The summed E-state index contributed by atoms with van der Waals surface area (Å²) in [6, 6.07) is 4.21. The second-order valence-corrected chi connectivity index (χ2v) is 10.3. The maximum atomic E-state index is 14.1. The first-order valence-electron chi connectivity index (χ1n) is 12.3. The van der Waals surface area contributed by atoms with Crippen molar-refractivity contribution in [3.8, 4) is 5.75 Å². The number of carbonyl (C=O) groups is 1. The number of benzene rings is 1. The van der Waals surface area contributed by atoms with Crippen LogP contribution in [-0.2, 0) is 22.4 Å². The van der Waals surface area contributed by atoms with Gasteiger partial charge in [0.1, 0.15) is 35.2 Å². The largest absolute Gasteiger partial charge is 0.495 e. The first kappa shape index (κ1) is 27.7. The van der Waals surface area contributed by atoms with Gasteiger partial charge in [0.25, 0.3) is 5.56 Å². The summed E-state index contributed by atoms with van der Waals surface area (Å²) in [4.78, 5) is 36.6. The smallest absolute Gasteiger partial charge is 0.421 e. The molecule has 212 valence electrons. The van der Waals surface area contributed by atoms with Gasteiger partial charge in [0.2, 0.25) is 5.91 Å². The van der Waals surface area contributed by atoms with Gasteiger partial charge in [0.05, 0.1) is 23.4 Å². The number of methoxy groups -OCH3 is 1. The Balaban J connectivity index is 1.20. The fraction of sp³-hybridized carbons (Fsp3) is 0.385. The number of carbonyl (C=O) groups excluding carboxylic acids is 1. The van der Waals surface area contributed by atoms with E-state index in [1.165, 1.54) is 29.4 Å². The van der Waals surface area contributed by atoms with E-state index in [4.69, 9.17) is 9.57 Å². The van der Waals surface area contributed by atoms with Gasteiger partial charge in [-0.25, -0.2) is 13.8 Å². The zero-order valence-corrected chi connectivity index (χ0v) is 21.9. The number of halogens is 5. The van der Waals surface area contributed by atoms with E-state index in [1.807, 2.05) is 0 Å². The molecule has 0 radical (unpaired) electrons. The summed E-state index contributed by atoms with van der Waals surface area (Å²) in [5.41, 5.74) is -1.87. The van der Waals surface area contributed by atoms with Gasteiger partial charge in [-0.05, 0) is 31.0 Å². The molecule has 1 amide bonds. The van der Waals surface area contributed by atoms with Crippen LogP contribution >= 0.6 is 11.3 Å². The van der Waals surface area contributed by atoms with E-state index in [2.05, 4.69) is 10.1 Å². The zero-order valence-electron chi connectivity index (χ0n) is 21.1. The van der Waals surface area contributed by atoms with Crippen LogP contribution in [0, 0.1) is 11.6 Å². The van der Waals surface area contributed by atoms with Crippen molar-refractivity contribution in [1.29, 1.82) is 0 Å². The third-order valence-electron chi connectivity index (χ3n) is 6.91. The molecule has 1 saturated heterocycles. The number of likely N-dealkylation sites (tertiary alicyclic amines) is 1. The molecule has 40 heavy (non-hydrogen) atoms. The Morgan fingerprint density at radius 1 is 1.20 bits per heavy atom. The van der Waals surface area contributed by atoms with E-state index in [0.29, 0.717) is 48.0 Å². The maximum absolute atomic E-state index is 14.1. The van der Waals surface area contributed by atoms with Crippen LogP contribution in [0.25, 0.3) is 0 Å². The van der Waals surface area contributed by atoms with E-state index in [1.54, 1.807) is 5.38 Å². The molecule has 4 heterocycles. The minimum atomic E-state index is -4.88. The number of oxime groups is 1. The normalized spacial score (nSPS) is 18.0. The van der Waals surface area contributed by atoms with Crippen molar-refractivity contribution >= 4 is 23.0 Å². The molecule has 14 heteroatoms. The Morgan fingerprint density at radius 3 is 2.55 bits per heavy atom. The standard InChI is InChI=1S/C26H23F5N4O4S/c1-38-15-9-16(26(29,30)31)25(37)35(11-15)12-22(36)34-7-5-14(6-8-34)24-32-20(13-40-24)19-10-21(39-33-19)23-17(27)3-2-4-18(23)28/h2-4,9,11,13-14,21H,5-8,10,12H2,1H3. The topological polar surface area (TPSA) is 86.0 Å². The number of hydrogen-bond acceptors (Lipinski definition) is 7. The molecule has 8 nitrogen and oxygen atoms in total. The average molecular weight is 583 g/mol. The van der Waals surface area contributed by atoms with E-state index in [-0.39, 0.29) is 23.7 Å². The van der Waals surface area contributed by atoms with Crippen molar-refractivity contribution in [1.82, 2.24) is 14.5 Å². The summed E-state index contributed by atoms with van der Waals surface area (Å²) < 4.78 is 73.6. The number of nitrogens with zero attached hydrogens (tertiary/aromatic N) is 4. The van der Waals surface area contributed by atoms with Crippen molar-refractivity contribution in [3.05, 3.63) is 79.7 Å². The molecule has 0 aliphatic carbocycles. The first-order chi connectivity index (χ1) is 19.0. The molecule has 0 saturated carbocycles. The van der Waals surface area contributed by atoms with Gasteiger partial charge in [-0.2, -0.15) is 13.2 Å². The highest BCUT2D eigenvalue weighted by Crippen LogP contribution is 2.35. The number of ether oxygens (including phenoxy) is 1. The third kappa shape index (κ3) is 5.58. The van der Waals surface area contributed by atoms with Gasteiger partial charge in [0, 0.05) is 37.0 Å². The molecule has 0 spiro atoms. The molecule has 1 atom stereocenters. The molecule has 1 unspecified atom stereocenters. The zero-order chi connectivity index (χ0) is 28.6. The van der Waals surface area contributed by atoms with Crippen LogP contribution in [-0.4, -0.2) is 46.3 Å². The van der Waals surface area contributed by atoms with Crippen molar-refractivity contribution < 1.29 is 36.3 Å². The quantitative estimate of drug-likeness (QED) is 0.387. The molecule has 1 aromatic carbocycles. The Hall–Kier alpha value is -3.81. The van der Waals surface area contributed by atoms with Crippen LogP contribution < -0.4 is 10.3 Å². The number of aromatic nitrogens is 2. The minimum Gasteiger partial charge on any atom is -0.495 e. The van der Waals surface area contributed by atoms with Crippen molar-refractivity contribution in [3.63, 3.8) is 0 Å². The SMILES string of the molecule is COc1cc(C(F)(F)F)c(=O)n(CC(=O)N2CCC(c3nc(C4=NOC(c5c(F)cccc5F)C4)cs3)CC2)c1. The van der Waals surface area contributed by atoms with Gasteiger partial charge in [-0.15, -0.1) is 11.3 Å². The Kier molecular flexibility index (Phi) is 7.62. The van der Waals surface area contributed by atoms with Crippen molar-refractivity contribution in [2.75, 3.05) is 20.2 Å². The highest BCUT2D eigenvalue weighted by Gasteiger charge is 2.36. The first-order valence-corrected chi connectivity index (χ1v) is 13.2. The number of piperidine rings is 1. The summed E-state index contributed by atoms with van der Waals surface area (Å²) in [5.74, 6) is -2.05. The van der Waals surface area contributed by atoms with Crippen LogP contribution in [0.2, 0.25) is 0 Å². The molecule has 2 aliphatic heterocycles. The summed E-state index contributed by atoms with van der Waals surface area (Å²) in [7, 11) is 1.18. The number of hydrogen-bond donors (Lipinski definition) is 0. The van der Waals surface area contributed by atoms with Crippen LogP contribution in [0.4, 0.5) is 22.0 Å². The Morgan fingerprint density at radius 2 is 1.90 bits per heavy atom. The maximum Gasteiger partial charge on any atom is 0.421 e. The Bertz CT molecular complexity index is 1490.